The molecule has 1 aromatic rings. The predicted octanol–water partition coefficient (Wildman–Crippen LogP) is 2.80. The van der Waals surface area contributed by atoms with Crippen LogP contribution in [0.3, 0.4) is 0 Å². The number of nitrogens with one attached hydrogen (secondary N) is 1. The van der Waals surface area contributed by atoms with Crippen molar-refractivity contribution in [1.82, 2.24) is 5.32 Å². The van der Waals surface area contributed by atoms with Crippen LogP contribution in [0.25, 0.3) is 0 Å². The molecule has 0 aromatic heterocycles. The van der Waals surface area contributed by atoms with Crippen LogP contribution in [0.4, 0.5) is 0 Å². The molecule has 0 aliphatic carbocycles. The molecule has 0 aliphatic heterocycles. The van der Waals surface area contributed by atoms with E-state index in [0.717, 1.165) is 5.56 Å². The van der Waals surface area contributed by atoms with Gasteiger partial charge in [-0.1, -0.05) is 44.5 Å². The molecule has 2 N–H and O–H groups in total. The number of rotatable bonds is 5. The first-order valence-electron chi connectivity index (χ1n) is 6.48. The highest BCUT2D eigenvalue weighted by Gasteiger charge is 2.21. The largest absolute Gasteiger partial charge is 0.393 e. The minimum atomic E-state index is -0.414. The number of benzene rings is 1. The van der Waals surface area contributed by atoms with Crippen LogP contribution in [-0.4, -0.2) is 23.7 Å². The molecule has 0 saturated carbocycles. The van der Waals surface area contributed by atoms with Crippen molar-refractivity contribution in [3.63, 3.8) is 0 Å². The van der Waals surface area contributed by atoms with Crippen molar-refractivity contribution in [2.24, 2.45) is 5.41 Å². The maximum atomic E-state index is 11.7. The summed E-state index contributed by atoms with van der Waals surface area (Å²) in [5.74, 6) is -0.0385. The van der Waals surface area contributed by atoms with Crippen molar-refractivity contribution < 1.29 is 9.90 Å². The molecule has 4 heteroatoms. The molecule has 1 amide bonds. The van der Waals surface area contributed by atoms with E-state index in [9.17, 15) is 9.90 Å². The highest BCUT2D eigenvalue weighted by molar-refractivity contribution is 6.30. The highest BCUT2D eigenvalue weighted by Crippen LogP contribution is 2.20. The molecule has 1 unspecified atom stereocenters. The van der Waals surface area contributed by atoms with Gasteiger partial charge >= 0.3 is 0 Å². The smallest absolute Gasteiger partial charge is 0.224 e. The predicted molar refractivity (Wildman–Crippen MR) is 78.2 cm³/mol. The molecule has 0 fully saturated rings. The summed E-state index contributed by atoms with van der Waals surface area (Å²) >= 11 is 5.78. The third-order valence-electron chi connectivity index (χ3n) is 3.02. The molecule has 1 rings (SSSR count). The topological polar surface area (TPSA) is 49.3 Å². The molecule has 0 saturated heterocycles. The van der Waals surface area contributed by atoms with E-state index in [2.05, 4.69) is 5.32 Å². The molecule has 0 radical (unpaired) electrons. The Hall–Kier alpha value is -1.06. The summed E-state index contributed by atoms with van der Waals surface area (Å²) in [7, 11) is 0. The second-order valence-corrected chi connectivity index (χ2v) is 6.26. The zero-order chi connectivity index (χ0) is 14.5. The number of hydrogen-bond acceptors (Lipinski definition) is 2. The van der Waals surface area contributed by atoms with Crippen molar-refractivity contribution in [2.45, 2.75) is 39.7 Å². The van der Waals surface area contributed by atoms with Gasteiger partial charge in [-0.25, -0.2) is 0 Å². The Labute approximate surface area is 120 Å². The van der Waals surface area contributed by atoms with Gasteiger partial charge in [-0.3, -0.25) is 4.79 Å². The number of aliphatic hydroxyl groups excluding tert-OH is 1. The van der Waals surface area contributed by atoms with Gasteiger partial charge in [0, 0.05) is 11.6 Å². The third kappa shape index (κ3) is 6.08. The van der Waals surface area contributed by atoms with E-state index >= 15 is 0 Å². The molecule has 1 aromatic carbocycles. The van der Waals surface area contributed by atoms with Crippen molar-refractivity contribution >= 4 is 17.5 Å². The highest BCUT2D eigenvalue weighted by atomic mass is 35.5. The molecular weight excluding hydrogens is 262 g/mol. The van der Waals surface area contributed by atoms with Crippen LogP contribution in [0.2, 0.25) is 5.02 Å². The van der Waals surface area contributed by atoms with Crippen molar-refractivity contribution in [3.05, 3.63) is 34.9 Å². The minimum Gasteiger partial charge on any atom is -0.393 e. The lowest BCUT2D eigenvalue weighted by molar-refractivity contribution is -0.120. The zero-order valence-electron chi connectivity index (χ0n) is 11.7. The normalized spacial score (nSPS) is 13.1. The van der Waals surface area contributed by atoms with Crippen LogP contribution in [0.5, 0.6) is 0 Å². The standard InChI is InChI=1S/C15H22ClNO2/c1-15(2,3)13(18)8-9-17-14(19)10-11-4-6-12(16)7-5-11/h4-7,13,18H,8-10H2,1-3H3,(H,17,19). The molecule has 1 atom stereocenters. The number of hydrogen-bond donors (Lipinski definition) is 2. The first-order valence-corrected chi connectivity index (χ1v) is 6.86. The molecule has 0 aliphatic rings. The lowest BCUT2D eigenvalue weighted by Crippen LogP contribution is -2.33. The number of carbonyl (C=O) groups excluding carboxylic acids is 1. The fourth-order valence-electron chi connectivity index (χ4n) is 1.63. The fourth-order valence-corrected chi connectivity index (χ4v) is 1.76. The van der Waals surface area contributed by atoms with Gasteiger partial charge in [0.2, 0.25) is 5.91 Å². The summed E-state index contributed by atoms with van der Waals surface area (Å²) in [5, 5.41) is 13.3. The number of carbonyl (C=O) groups is 1. The average Bonchev–Trinajstić information content (AvgIpc) is 2.31. The Morgan fingerprint density at radius 3 is 2.42 bits per heavy atom. The van der Waals surface area contributed by atoms with Crippen LogP contribution in [0.1, 0.15) is 32.8 Å². The first-order chi connectivity index (χ1) is 8.79. The number of amides is 1. The van der Waals surface area contributed by atoms with E-state index in [1.807, 2.05) is 32.9 Å². The van der Waals surface area contributed by atoms with Crippen LogP contribution >= 0.6 is 11.6 Å². The fraction of sp³-hybridized carbons (Fsp3) is 0.533. The lowest BCUT2D eigenvalue weighted by Gasteiger charge is -2.25. The maximum Gasteiger partial charge on any atom is 0.224 e. The second-order valence-electron chi connectivity index (χ2n) is 5.82. The number of halogens is 1. The Balaban J connectivity index is 2.31. The van der Waals surface area contributed by atoms with Crippen LogP contribution in [-0.2, 0) is 11.2 Å². The van der Waals surface area contributed by atoms with Gasteiger partial charge in [0.25, 0.3) is 0 Å². The third-order valence-corrected chi connectivity index (χ3v) is 3.27. The summed E-state index contributed by atoms with van der Waals surface area (Å²) in [5.41, 5.74) is 0.777. The summed E-state index contributed by atoms with van der Waals surface area (Å²) < 4.78 is 0. The molecule has 0 heterocycles. The summed E-state index contributed by atoms with van der Waals surface area (Å²) in [6.07, 6.45) is 0.488. The van der Waals surface area contributed by atoms with Crippen LogP contribution in [0.15, 0.2) is 24.3 Å². The summed E-state index contributed by atoms with van der Waals surface area (Å²) in [6, 6.07) is 7.22. The van der Waals surface area contributed by atoms with E-state index < -0.39 is 6.10 Å². The molecular formula is C15H22ClNO2. The van der Waals surface area contributed by atoms with Crippen LogP contribution < -0.4 is 5.32 Å². The van der Waals surface area contributed by atoms with E-state index in [1.54, 1.807) is 12.1 Å². The molecule has 0 spiro atoms. The molecule has 106 valence electrons. The van der Waals surface area contributed by atoms with Gasteiger partial charge in [0.05, 0.1) is 12.5 Å². The van der Waals surface area contributed by atoms with Gasteiger partial charge in [-0.05, 0) is 29.5 Å². The lowest BCUT2D eigenvalue weighted by atomic mass is 9.87. The Bertz CT molecular complexity index is 409. The van der Waals surface area contributed by atoms with Gasteiger partial charge in [0.1, 0.15) is 0 Å². The second kappa shape index (κ2) is 6.92. The maximum absolute atomic E-state index is 11.7. The van der Waals surface area contributed by atoms with E-state index in [0.29, 0.717) is 24.4 Å². The minimum absolute atomic E-state index is 0.0385. The van der Waals surface area contributed by atoms with Crippen molar-refractivity contribution in [3.8, 4) is 0 Å². The Morgan fingerprint density at radius 1 is 1.32 bits per heavy atom. The average molecular weight is 284 g/mol. The van der Waals surface area contributed by atoms with E-state index in [1.165, 1.54) is 0 Å². The van der Waals surface area contributed by atoms with Gasteiger partial charge in [-0.2, -0.15) is 0 Å². The first kappa shape index (κ1) is 16.0. The Morgan fingerprint density at radius 2 is 1.89 bits per heavy atom. The molecule has 3 nitrogen and oxygen atoms in total. The van der Waals surface area contributed by atoms with Crippen molar-refractivity contribution in [2.75, 3.05) is 6.54 Å². The monoisotopic (exact) mass is 283 g/mol. The summed E-state index contributed by atoms with van der Waals surface area (Å²) in [4.78, 5) is 11.7. The Kier molecular flexibility index (Phi) is 5.83. The van der Waals surface area contributed by atoms with Gasteiger partial charge in [0.15, 0.2) is 0 Å². The van der Waals surface area contributed by atoms with Gasteiger partial charge < -0.3 is 10.4 Å². The molecule has 0 bridgehead atoms. The SMILES string of the molecule is CC(C)(C)C(O)CCNC(=O)Cc1ccc(Cl)cc1. The quantitative estimate of drug-likeness (QED) is 0.873. The van der Waals surface area contributed by atoms with Crippen molar-refractivity contribution in [1.29, 1.82) is 0 Å². The van der Waals surface area contributed by atoms with Gasteiger partial charge in [-0.15, -0.1) is 0 Å². The van der Waals surface area contributed by atoms with Crippen LogP contribution in [0, 0.1) is 5.41 Å². The summed E-state index contributed by atoms with van der Waals surface area (Å²) in [6.45, 7) is 6.43. The zero-order valence-corrected chi connectivity index (χ0v) is 12.5. The number of aliphatic hydroxyl groups is 1. The van der Waals surface area contributed by atoms with E-state index in [-0.39, 0.29) is 11.3 Å². The van der Waals surface area contributed by atoms with E-state index in [4.69, 9.17) is 11.6 Å². The molecule has 19 heavy (non-hydrogen) atoms.